The molecule has 1 aromatic rings. The lowest BCUT2D eigenvalue weighted by Crippen LogP contribution is -2.55. The minimum absolute atomic E-state index is 0.00942. The van der Waals surface area contributed by atoms with E-state index in [0.717, 1.165) is 12.0 Å². The molecule has 2 saturated heterocycles. The second-order valence-electron chi connectivity index (χ2n) is 7.69. The molecule has 0 spiro atoms. The Bertz CT molecular complexity index is 631. The number of nitrogens with zero attached hydrogens (tertiary/aromatic N) is 3. The third kappa shape index (κ3) is 2.90. The number of amides is 2. The van der Waals surface area contributed by atoms with E-state index in [2.05, 4.69) is 18.8 Å². The maximum Gasteiger partial charge on any atom is 0.228 e. The SMILES string of the molecule is CN1C(=O)CC(C(=O)N2CCC(N)C(C)(C)C2)C1c1cccnc1. The van der Waals surface area contributed by atoms with Gasteiger partial charge in [0.25, 0.3) is 0 Å². The summed E-state index contributed by atoms with van der Waals surface area (Å²) in [7, 11) is 1.77. The summed E-state index contributed by atoms with van der Waals surface area (Å²) >= 11 is 0. The standard InChI is InChI=1S/C18H26N4O2/c1-18(2)11-22(8-6-14(18)19)17(24)13-9-15(23)21(3)16(13)12-5-4-7-20-10-12/h4-5,7,10,13-14,16H,6,8-9,11,19H2,1-3H3. The van der Waals surface area contributed by atoms with E-state index in [-0.39, 0.29) is 41.7 Å². The van der Waals surface area contributed by atoms with Gasteiger partial charge >= 0.3 is 0 Å². The van der Waals surface area contributed by atoms with Crippen molar-refractivity contribution in [3.05, 3.63) is 30.1 Å². The van der Waals surface area contributed by atoms with Gasteiger partial charge in [0.1, 0.15) is 0 Å². The topological polar surface area (TPSA) is 79.5 Å². The van der Waals surface area contributed by atoms with Crippen molar-refractivity contribution < 1.29 is 9.59 Å². The molecule has 1 aromatic heterocycles. The molecular weight excluding hydrogens is 304 g/mol. The molecule has 6 nitrogen and oxygen atoms in total. The summed E-state index contributed by atoms with van der Waals surface area (Å²) in [5, 5.41) is 0. The molecule has 0 aliphatic carbocycles. The van der Waals surface area contributed by atoms with E-state index >= 15 is 0 Å². The summed E-state index contributed by atoms with van der Waals surface area (Å²) in [6, 6.07) is 3.64. The van der Waals surface area contributed by atoms with Gasteiger partial charge in [-0.3, -0.25) is 14.6 Å². The van der Waals surface area contributed by atoms with E-state index < -0.39 is 0 Å². The monoisotopic (exact) mass is 330 g/mol. The van der Waals surface area contributed by atoms with Crippen molar-refractivity contribution in [2.24, 2.45) is 17.1 Å². The van der Waals surface area contributed by atoms with Crippen molar-refractivity contribution >= 4 is 11.8 Å². The number of carbonyl (C=O) groups excluding carboxylic acids is 2. The molecule has 2 amide bonds. The van der Waals surface area contributed by atoms with Crippen molar-refractivity contribution in [1.82, 2.24) is 14.8 Å². The van der Waals surface area contributed by atoms with Gasteiger partial charge in [0, 0.05) is 45.0 Å². The van der Waals surface area contributed by atoms with Gasteiger partial charge < -0.3 is 15.5 Å². The van der Waals surface area contributed by atoms with E-state index in [0.29, 0.717) is 13.1 Å². The van der Waals surface area contributed by atoms with E-state index in [1.54, 1.807) is 24.3 Å². The maximum atomic E-state index is 13.2. The molecule has 2 N–H and O–H groups in total. The van der Waals surface area contributed by atoms with Gasteiger partial charge in [0.15, 0.2) is 0 Å². The first-order chi connectivity index (χ1) is 11.3. The van der Waals surface area contributed by atoms with Crippen LogP contribution in [0.15, 0.2) is 24.5 Å². The smallest absolute Gasteiger partial charge is 0.228 e. The van der Waals surface area contributed by atoms with E-state index in [9.17, 15) is 9.59 Å². The molecule has 0 bridgehead atoms. The quantitative estimate of drug-likeness (QED) is 0.883. The Kier molecular flexibility index (Phi) is 4.34. The number of carbonyl (C=O) groups is 2. The first-order valence-electron chi connectivity index (χ1n) is 8.51. The van der Waals surface area contributed by atoms with Crippen LogP contribution in [0.3, 0.4) is 0 Å². The number of pyridine rings is 1. The van der Waals surface area contributed by atoms with E-state index in [1.165, 1.54) is 0 Å². The first kappa shape index (κ1) is 16.9. The van der Waals surface area contributed by atoms with Crippen LogP contribution in [0.25, 0.3) is 0 Å². The Labute approximate surface area is 143 Å². The molecule has 2 aliphatic heterocycles. The summed E-state index contributed by atoms with van der Waals surface area (Å²) in [6.07, 6.45) is 4.51. The number of nitrogens with two attached hydrogens (primary N) is 1. The van der Waals surface area contributed by atoms with Crippen molar-refractivity contribution in [2.75, 3.05) is 20.1 Å². The van der Waals surface area contributed by atoms with Crippen LogP contribution < -0.4 is 5.73 Å². The third-order valence-corrected chi connectivity index (χ3v) is 5.55. The minimum atomic E-state index is -0.350. The lowest BCUT2D eigenvalue weighted by molar-refractivity contribution is -0.140. The predicted molar refractivity (Wildman–Crippen MR) is 90.8 cm³/mol. The molecule has 130 valence electrons. The summed E-state index contributed by atoms with van der Waals surface area (Å²) in [4.78, 5) is 33.1. The molecule has 2 aliphatic rings. The normalized spacial score (nSPS) is 29.8. The average molecular weight is 330 g/mol. The second kappa shape index (κ2) is 6.16. The number of rotatable bonds is 2. The van der Waals surface area contributed by atoms with Gasteiger partial charge in [0.2, 0.25) is 11.8 Å². The molecule has 3 atom stereocenters. The highest BCUT2D eigenvalue weighted by Gasteiger charge is 2.46. The lowest BCUT2D eigenvalue weighted by atomic mass is 9.79. The van der Waals surface area contributed by atoms with E-state index in [1.807, 2.05) is 17.0 Å². The maximum absolute atomic E-state index is 13.2. The molecule has 3 heterocycles. The van der Waals surface area contributed by atoms with Crippen LogP contribution in [-0.2, 0) is 9.59 Å². The molecule has 0 aromatic carbocycles. The zero-order chi connectivity index (χ0) is 17.5. The third-order valence-electron chi connectivity index (χ3n) is 5.55. The molecule has 3 unspecified atom stereocenters. The Morgan fingerprint density at radius 3 is 2.79 bits per heavy atom. The highest BCUT2D eigenvalue weighted by atomic mass is 16.2. The van der Waals surface area contributed by atoms with Crippen LogP contribution in [0.1, 0.15) is 38.3 Å². The number of piperidine rings is 1. The fourth-order valence-corrected chi connectivity index (χ4v) is 3.89. The van der Waals surface area contributed by atoms with Gasteiger partial charge in [-0.2, -0.15) is 0 Å². The summed E-state index contributed by atoms with van der Waals surface area (Å²) in [5.41, 5.74) is 6.99. The van der Waals surface area contributed by atoms with Crippen LogP contribution in [0, 0.1) is 11.3 Å². The zero-order valence-electron chi connectivity index (χ0n) is 14.6. The Morgan fingerprint density at radius 2 is 2.17 bits per heavy atom. The summed E-state index contributed by atoms with van der Waals surface area (Å²) < 4.78 is 0. The van der Waals surface area contributed by atoms with Crippen molar-refractivity contribution in [3.8, 4) is 0 Å². The van der Waals surface area contributed by atoms with Crippen LogP contribution in [0.2, 0.25) is 0 Å². The summed E-state index contributed by atoms with van der Waals surface area (Å²) in [6.45, 7) is 5.50. The molecule has 0 saturated carbocycles. The first-order valence-corrected chi connectivity index (χ1v) is 8.51. The Morgan fingerprint density at radius 1 is 1.42 bits per heavy atom. The molecule has 0 radical (unpaired) electrons. The molecular formula is C18H26N4O2. The van der Waals surface area contributed by atoms with Gasteiger partial charge in [-0.25, -0.2) is 0 Å². The number of likely N-dealkylation sites (tertiary alicyclic amines) is 2. The zero-order valence-corrected chi connectivity index (χ0v) is 14.6. The van der Waals surface area contributed by atoms with Crippen LogP contribution >= 0.6 is 0 Å². The van der Waals surface area contributed by atoms with Gasteiger partial charge in [-0.1, -0.05) is 19.9 Å². The van der Waals surface area contributed by atoms with Crippen molar-refractivity contribution in [3.63, 3.8) is 0 Å². The largest absolute Gasteiger partial charge is 0.342 e. The summed E-state index contributed by atoms with van der Waals surface area (Å²) in [5.74, 6) is -0.284. The van der Waals surface area contributed by atoms with Gasteiger partial charge in [-0.15, -0.1) is 0 Å². The predicted octanol–water partition coefficient (Wildman–Crippen LogP) is 1.19. The second-order valence-corrected chi connectivity index (χ2v) is 7.69. The highest BCUT2D eigenvalue weighted by Crippen LogP contribution is 2.39. The Hall–Kier alpha value is -1.95. The number of hydrogen-bond donors (Lipinski definition) is 1. The molecule has 6 heteroatoms. The van der Waals surface area contributed by atoms with Gasteiger partial charge in [-0.05, 0) is 23.5 Å². The highest BCUT2D eigenvalue weighted by molar-refractivity contribution is 5.90. The fourth-order valence-electron chi connectivity index (χ4n) is 3.89. The average Bonchev–Trinajstić information content (AvgIpc) is 2.85. The molecule has 3 rings (SSSR count). The number of aromatic nitrogens is 1. The number of hydrogen-bond acceptors (Lipinski definition) is 4. The van der Waals surface area contributed by atoms with Crippen molar-refractivity contribution in [1.29, 1.82) is 0 Å². The van der Waals surface area contributed by atoms with E-state index in [4.69, 9.17) is 5.73 Å². The van der Waals surface area contributed by atoms with Crippen molar-refractivity contribution in [2.45, 2.75) is 38.8 Å². The van der Waals surface area contributed by atoms with Gasteiger partial charge in [0.05, 0.1) is 12.0 Å². The van der Waals surface area contributed by atoms with Crippen LogP contribution in [0.5, 0.6) is 0 Å². The van der Waals surface area contributed by atoms with Crippen LogP contribution in [-0.4, -0.2) is 52.8 Å². The molecule has 2 fully saturated rings. The fraction of sp³-hybridized carbons (Fsp3) is 0.611. The molecule has 24 heavy (non-hydrogen) atoms. The minimum Gasteiger partial charge on any atom is -0.342 e. The van der Waals surface area contributed by atoms with Crippen LogP contribution in [0.4, 0.5) is 0 Å². The Balaban J connectivity index is 1.84. The lowest BCUT2D eigenvalue weighted by Gasteiger charge is -2.43.